The first-order valence-electron chi connectivity index (χ1n) is 12.3. The lowest BCUT2D eigenvalue weighted by Gasteiger charge is -2.45. The first-order chi connectivity index (χ1) is 17.1. The quantitative estimate of drug-likeness (QED) is 0.565. The highest BCUT2D eigenvalue weighted by molar-refractivity contribution is 6.09. The lowest BCUT2D eigenvalue weighted by molar-refractivity contribution is -0.119. The average Bonchev–Trinajstić information content (AvgIpc) is 3.25. The van der Waals surface area contributed by atoms with Crippen LogP contribution >= 0.6 is 0 Å². The number of carbonyl (C=O) groups excluding carboxylic acids is 2. The van der Waals surface area contributed by atoms with Gasteiger partial charge in [0, 0.05) is 23.1 Å². The van der Waals surface area contributed by atoms with E-state index in [0.717, 1.165) is 54.1 Å². The fraction of sp³-hybridized carbons (Fsp3) is 0.333. The molecular weight excluding hydrogens is 440 g/mol. The smallest absolute Gasteiger partial charge is 0.254 e. The molecule has 1 fully saturated rings. The fourth-order valence-corrected chi connectivity index (χ4v) is 5.51. The number of rotatable bonds is 4. The predicted molar refractivity (Wildman–Crippen MR) is 136 cm³/mol. The maximum atomic E-state index is 13.6. The number of hydrogen-bond acceptors (Lipinski definition) is 6. The van der Waals surface area contributed by atoms with Crippen molar-refractivity contribution in [3.63, 3.8) is 0 Å². The number of nitrogens with zero attached hydrogens (tertiary/aromatic N) is 4. The fourth-order valence-electron chi connectivity index (χ4n) is 5.51. The van der Waals surface area contributed by atoms with Gasteiger partial charge in [-0.3, -0.25) is 14.5 Å². The van der Waals surface area contributed by atoms with E-state index in [1.807, 2.05) is 55.5 Å². The Balaban J connectivity index is 1.40. The van der Waals surface area contributed by atoms with Crippen LogP contribution in [-0.4, -0.2) is 33.9 Å². The zero-order valence-electron chi connectivity index (χ0n) is 19.7. The lowest BCUT2D eigenvalue weighted by atomic mass is 9.92. The Bertz CT molecular complexity index is 1290. The van der Waals surface area contributed by atoms with Gasteiger partial charge >= 0.3 is 0 Å². The summed E-state index contributed by atoms with van der Waals surface area (Å²) >= 11 is 0. The summed E-state index contributed by atoms with van der Waals surface area (Å²) in [6, 6.07) is 15.4. The zero-order valence-corrected chi connectivity index (χ0v) is 19.7. The van der Waals surface area contributed by atoms with Crippen molar-refractivity contribution in [2.75, 3.05) is 20.4 Å². The Hall–Kier alpha value is -3.94. The molecule has 0 radical (unpaired) electrons. The van der Waals surface area contributed by atoms with E-state index >= 15 is 0 Å². The molecule has 6 rings (SSSR count). The van der Waals surface area contributed by atoms with Gasteiger partial charge in [0.15, 0.2) is 5.82 Å². The molecular formula is C27H28N6O2. The van der Waals surface area contributed by atoms with Crippen molar-refractivity contribution in [2.45, 2.75) is 57.5 Å². The second-order valence-corrected chi connectivity index (χ2v) is 9.51. The lowest BCUT2D eigenvalue weighted by Crippen LogP contribution is -2.55. The van der Waals surface area contributed by atoms with E-state index < -0.39 is 0 Å². The predicted octanol–water partition coefficient (Wildman–Crippen LogP) is 4.92. The number of anilines is 6. The number of fused-ring (bicyclic) bond motifs is 2. The van der Waals surface area contributed by atoms with Crippen molar-refractivity contribution in [3.8, 4) is 0 Å². The normalized spacial score (nSPS) is 19.9. The van der Waals surface area contributed by atoms with Crippen molar-refractivity contribution in [2.24, 2.45) is 0 Å². The van der Waals surface area contributed by atoms with E-state index in [4.69, 9.17) is 4.98 Å². The number of hydrogen-bond donors (Lipinski definition) is 2. The molecule has 2 amide bonds. The van der Waals surface area contributed by atoms with Gasteiger partial charge in [0.1, 0.15) is 11.7 Å². The summed E-state index contributed by atoms with van der Waals surface area (Å²) in [6.07, 6.45) is 7.80. The van der Waals surface area contributed by atoms with Gasteiger partial charge in [0.05, 0.1) is 12.6 Å². The van der Waals surface area contributed by atoms with Crippen molar-refractivity contribution in [3.05, 3.63) is 60.3 Å². The molecule has 2 N–H and O–H groups in total. The number of carbonyl (C=O) groups is 2. The summed E-state index contributed by atoms with van der Waals surface area (Å²) in [5.74, 6) is 1.29. The molecule has 3 aromatic rings. The van der Waals surface area contributed by atoms with Gasteiger partial charge < -0.3 is 15.5 Å². The van der Waals surface area contributed by atoms with Crippen LogP contribution in [0.15, 0.2) is 54.7 Å². The van der Waals surface area contributed by atoms with Crippen molar-refractivity contribution in [1.29, 1.82) is 0 Å². The molecule has 8 nitrogen and oxygen atoms in total. The number of para-hydroxylation sites is 1. The standard InChI is InChI=1S/C27H28N6O2/c1-17-26(35)33(21-10-6-3-7-11-21)23-16-28-27(31-25(23)32(17)20-8-4-2-5-9-20)29-19-12-13-22-18(14-19)15-24(34)30-22/h3,6-7,10-14,16-17,20H,2,4-5,8-9,15H2,1H3,(H,30,34)(H,28,29,31). The SMILES string of the molecule is CC1C(=O)N(c2ccccc2)c2cnc(Nc3ccc4c(c3)CC(=O)N4)nc2N1C1CCCCC1. The maximum Gasteiger partial charge on any atom is 0.254 e. The van der Waals surface area contributed by atoms with Crippen LogP contribution in [0.25, 0.3) is 0 Å². The molecule has 0 bridgehead atoms. The first-order valence-corrected chi connectivity index (χ1v) is 12.3. The highest BCUT2D eigenvalue weighted by Crippen LogP contribution is 2.42. The summed E-state index contributed by atoms with van der Waals surface area (Å²) in [5, 5.41) is 6.17. The third-order valence-electron chi connectivity index (χ3n) is 7.20. The van der Waals surface area contributed by atoms with Gasteiger partial charge in [0.2, 0.25) is 11.9 Å². The maximum absolute atomic E-state index is 13.6. The summed E-state index contributed by atoms with van der Waals surface area (Å²) in [4.78, 5) is 38.9. The molecule has 1 aromatic heterocycles. The van der Waals surface area contributed by atoms with Gasteiger partial charge in [-0.1, -0.05) is 37.5 Å². The van der Waals surface area contributed by atoms with Gasteiger partial charge in [-0.15, -0.1) is 0 Å². The van der Waals surface area contributed by atoms with Crippen LogP contribution in [0.5, 0.6) is 0 Å². The topological polar surface area (TPSA) is 90.5 Å². The number of amides is 2. The number of nitrogens with one attached hydrogen (secondary N) is 2. The molecule has 1 saturated carbocycles. The van der Waals surface area contributed by atoms with Gasteiger partial charge in [-0.2, -0.15) is 4.98 Å². The van der Waals surface area contributed by atoms with Crippen LogP contribution in [0.2, 0.25) is 0 Å². The number of aromatic nitrogens is 2. The molecule has 35 heavy (non-hydrogen) atoms. The van der Waals surface area contributed by atoms with Gasteiger partial charge in [-0.05, 0) is 55.7 Å². The van der Waals surface area contributed by atoms with Crippen molar-refractivity contribution < 1.29 is 9.59 Å². The monoisotopic (exact) mass is 468 g/mol. The molecule has 8 heteroatoms. The molecule has 0 spiro atoms. The Morgan fingerprint density at radius 2 is 1.83 bits per heavy atom. The van der Waals surface area contributed by atoms with Crippen LogP contribution in [0, 0.1) is 0 Å². The summed E-state index contributed by atoms with van der Waals surface area (Å²) < 4.78 is 0. The summed E-state index contributed by atoms with van der Waals surface area (Å²) in [6.45, 7) is 1.98. The second-order valence-electron chi connectivity index (χ2n) is 9.51. The van der Waals surface area contributed by atoms with Crippen LogP contribution in [0.3, 0.4) is 0 Å². The Morgan fingerprint density at radius 3 is 2.63 bits per heavy atom. The highest BCUT2D eigenvalue weighted by atomic mass is 16.2. The van der Waals surface area contributed by atoms with Crippen molar-refractivity contribution >= 4 is 46.3 Å². The number of benzene rings is 2. The van der Waals surface area contributed by atoms with Gasteiger partial charge in [-0.25, -0.2) is 4.98 Å². The molecule has 3 aliphatic rings. The minimum atomic E-state index is -0.328. The van der Waals surface area contributed by atoms with E-state index in [1.54, 1.807) is 11.1 Å². The summed E-state index contributed by atoms with van der Waals surface area (Å²) in [7, 11) is 0. The summed E-state index contributed by atoms with van der Waals surface area (Å²) in [5.41, 5.74) is 4.15. The Labute approximate surface area is 204 Å². The average molecular weight is 469 g/mol. The van der Waals surface area contributed by atoms with E-state index in [-0.39, 0.29) is 23.9 Å². The Kier molecular flexibility index (Phi) is 5.36. The molecule has 1 unspecified atom stereocenters. The van der Waals surface area contributed by atoms with E-state index in [0.29, 0.717) is 18.1 Å². The largest absolute Gasteiger partial charge is 0.340 e. The third kappa shape index (κ3) is 3.88. The third-order valence-corrected chi connectivity index (χ3v) is 7.20. The van der Waals surface area contributed by atoms with E-state index in [9.17, 15) is 9.59 Å². The molecule has 1 atom stereocenters. The molecule has 3 heterocycles. The first kappa shape index (κ1) is 21.6. The van der Waals surface area contributed by atoms with E-state index in [2.05, 4.69) is 20.5 Å². The van der Waals surface area contributed by atoms with Crippen LogP contribution in [0.1, 0.15) is 44.6 Å². The minimum Gasteiger partial charge on any atom is -0.340 e. The Morgan fingerprint density at radius 1 is 1.03 bits per heavy atom. The van der Waals surface area contributed by atoms with Crippen molar-refractivity contribution in [1.82, 2.24) is 9.97 Å². The second kappa shape index (κ2) is 8.69. The minimum absolute atomic E-state index is 0.00460. The molecule has 0 saturated heterocycles. The van der Waals surface area contributed by atoms with E-state index in [1.165, 1.54) is 6.42 Å². The van der Waals surface area contributed by atoms with Crippen LogP contribution in [0.4, 0.5) is 34.5 Å². The molecule has 178 valence electrons. The van der Waals surface area contributed by atoms with Crippen LogP contribution in [-0.2, 0) is 16.0 Å². The zero-order chi connectivity index (χ0) is 23.9. The molecule has 1 aliphatic carbocycles. The molecule has 2 aromatic carbocycles. The van der Waals surface area contributed by atoms with Crippen LogP contribution < -0.4 is 20.4 Å². The van der Waals surface area contributed by atoms with Gasteiger partial charge in [0.25, 0.3) is 5.91 Å². The molecule has 2 aliphatic heterocycles. The highest BCUT2D eigenvalue weighted by Gasteiger charge is 2.41.